The van der Waals surface area contributed by atoms with Crippen LogP contribution in [0.15, 0.2) is 12.1 Å². The van der Waals surface area contributed by atoms with Gasteiger partial charge in [-0.2, -0.15) is 0 Å². The summed E-state index contributed by atoms with van der Waals surface area (Å²) in [5, 5.41) is 0.801. The Morgan fingerprint density at radius 2 is 2.17 bits per heavy atom. The second-order valence-corrected chi connectivity index (χ2v) is 5.33. The first-order valence-corrected chi connectivity index (χ1v) is 7.20. The van der Waals surface area contributed by atoms with Crippen molar-refractivity contribution in [3.63, 3.8) is 0 Å². The molecule has 0 aliphatic carbocycles. The SMILES string of the molecule is CCCCCN1CCc2ccc(OC)c(Cl)c2C1. The topological polar surface area (TPSA) is 12.5 Å². The van der Waals surface area contributed by atoms with Gasteiger partial charge in [0.05, 0.1) is 12.1 Å². The van der Waals surface area contributed by atoms with Gasteiger partial charge in [0.25, 0.3) is 0 Å². The first-order chi connectivity index (χ1) is 8.76. The van der Waals surface area contributed by atoms with E-state index in [1.54, 1.807) is 7.11 Å². The number of hydrogen-bond acceptors (Lipinski definition) is 2. The highest BCUT2D eigenvalue weighted by molar-refractivity contribution is 6.33. The van der Waals surface area contributed by atoms with Crippen LogP contribution < -0.4 is 4.74 Å². The maximum Gasteiger partial charge on any atom is 0.137 e. The molecule has 1 aliphatic rings. The number of ether oxygens (including phenoxy) is 1. The number of halogens is 1. The largest absolute Gasteiger partial charge is 0.495 e. The van der Waals surface area contributed by atoms with E-state index in [2.05, 4.69) is 17.9 Å². The Balaban J connectivity index is 2.07. The molecule has 1 aromatic rings. The molecule has 1 heterocycles. The number of benzene rings is 1. The van der Waals surface area contributed by atoms with Gasteiger partial charge in [0.2, 0.25) is 0 Å². The quantitative estimate of drug-likeness (QED) is 0.751. The Bertz CT molecular complexity index is 406. The van der Waals surface area contributed by atoms with E-state index in [-0.39, 0.29) is 0 Å². The van der Waals surface area contributed by atoms with Crippen molar-refractivity contribution in [3.05, 3.63) is 28.3 Å². The monoisotopic (exact) mass is 267 g/mol. The fourth-order valence-corrected chi connectivity index (χ4v) is 2.88. The number of methoxy groups -OCH3 is 1. The second-order valence-electron chi connectivity index (χ2n) is 4.95. The van der Waals surface area contributed by atoms with Crippen LogP contribution in [0.4, 0.5) is 0 Å². The number of fused-ring (bicyclic) bond motifs is 1. The summed E-state index contributed by atoms with van der Waals surface area (Å²) in [5.41, 5.74) is 2.64. The zero-order valence-electron chi connectivity index (χ0n) is 11.3. The highest BCUT2D eigenvalue weighted by Gasteiger charge is 2.20. The van der Waals surface area contributed by atoms with Crippen molar-refractivity contribution in [1.29, 1.82) is 0 Å². The molecule has 0 saturated heterocycles. The normalized spacial score (nSPS) is 15.5. The average Bonchev–Trinajstić information content (AvgIpc) is 2.40. The molecular weight excluding hydrogens is 246 g/mol. The van der Waals surface area contributed by atoms with Gasteiger partial charge in [-0.05, 0) is 36.6 Å². The smallest absolute Gasteiger partial charge is 0.137 e. The summed E-state index contributed by atoms with van der Waals surface area (Å²) in [6, 6.07) is 4.14. The van der Waals surface area contributed by atoms with E-state index in [4.69, 9.17) is 16.3 Å². The summed E-state index contributed by atoms with van der Waals surface area (Å²) in [5.74, 6) is 0.797. The number of unbranched alkanes of at least 4 members (excludes halogenated alkanes) is 2. The van der Waals surface area contributed by atoms with Crippen LogP contribution in [0.1, 0.15) is 37.3 Å². The second kappa shape index (κ2) is 6.44. The van der Waals surface area contributed by atoms with Crippen molar-refractivity contribution >= 4 is 11.6 Å². The maximum atomic E-state index is 6.40. The summed E-state index contributed by atoms with van der Waals surface area (Å²) in [7, 11) is 1.68. The maximum absolute atomic E-state index is 6.40. The number of hydrogen-bond donors (Lipinski definition) is 0. The third-order valence-electron chi connectivity index (χ3n) is 3.68. The molecule has 100 valence electrons. The first kappa shape index (κ1) is 13.7. The van der Waals surface area contributed by atoms with Crippen LogP contribution >= 0.6 is 11.6 Å². The van der Waals surface area contributed by atoms with Gasteiger partial charge in [0.1, 0.15) is 5.75 Å². The molecule has 0 aromatic heterocycles. The Labute approximate surface area is 115 Å². The lowest BCUT2D eigenvalue weighted by molar-refractivity contribution is 0.248. The summed E-state index contributed by atoms with van der Waals surface area (Å²) in [4.78, 5) is 2.50. The third-order valence-corrected chi connectivity index (χ3v) is 4.10. The van der Waals surface area contributed by atoms with E-state index in [1.165, 1.54) is 36.9 Å². The molecule has 0 spiro atoms. The van der Waals surface area contributed by atoms with Gasteiger partial charge in [-0.1, -0.05) is 37.4 Å². The molecule has 1 aliphatic heterocycles. The van der Waals surface area contributed by atoms with Crippen molar-refractivity contribution in [3.8, 4) is 5.75 Å². The lowest BCUT2D eigenvalue weighted by atomic mass is 9.99. The van der Waals surface area contributed by atoms with Gasteiger partial charge in [0, 0.05) is 13.1 Å². The molecule has 3 heteroatoms. The Kier molecular flexibility index (Phi) is 4.90. The molecule has 2 rings (SSSR count). The molecule has 0 radical (unpaired) electrons. The Morgan fingerprint density at radius 1 is 1.33 bits per heavy atom. The minimum Gasteiger partial charge on any atom is -0.495 e. The highest BCUT2D eigenvalue weighted by atomic mass is 35.5. The van der Waals surface area contributed by atoms with Crippen LogP contribution in [0.3, 0.4) is 0 Å². The number of rotatable bonds is 5. The first-order valence-electron chi connectivity index (χ1n) is 6.82. The van der Waals surface area contributed by atoms with Crippen LogP contribution in [-0.2, 0) is 13.0 Å². The fourth-order valence-electron chi connectivity index (χ4n) is 2.56. The molecule has 0 unspecified atom stereocenters. The molecule has 0 N–H and O–H groups in total. The molecule has 2 nitrogen and oxygen atoms in total. The van der Waals surface area contributed by atoms with E-state index >= 15 is 0 Å². The van der Waals surface area contributed by atoms with E-state index in [0.717, 1.165) is 30.3 Å². The summed E-state index contributed by atoms with van der Waals surface area (Å²) >= 11 is 6.40. The molecule has 0 atom stereocenters. The molecule has 1 aromatic carbocycles. The summed E-state index contributed by atoms with van der Waals surface area (Å²) in [6.07, 6.45) is 4.98. The fraction of sp³-hybridized carbons (Fsp3) is 0.600. The summed E-state index contributed by atoms with van der Waals surface area (Å²) in [6.45, 7) is 5.54. The van der Waals surface area contributed by atoms with E-state index in [9.17, 15) is 0 Å². The Hall–Kier alpha value is -0.730. The van der Waals surface area contributed by atoms with Gasteiger partial charge in [-0.25, -0.2) is 0 Å². The zero-order valence-corrected chi connectivity index (χ0v) is 12.1. The van der Waals surface area contributed by atoms with Crippen molar-refractivity contribution < 1.29 is 4.74 Å². The van der Waals surface area contributed by atoms with Gasteiger partial charge >= 0.3 is 0 Å². The van der Waals surface area contributed by atoms with Gasteiger partial charge in [-0.15, -0.1) is 0 Å². The van der Waals surface area contributed by atoms with Crippen LogP contribution in [0, 0.1) is 0 Å². The van der Waals surface area contributed by atoms with Crippen molar-refractivity contribution in [1.82, 2.24) is 4.90 Å². The predicted molar refractivity (Wildman–Crippen MR) is 76.5 cm³/mol. The number of nitrogens with zero attached hydrogens (tertiary/aromatic N) is 1. The van der Waals surface area contributed by atoms with E-state index < -0.39 is 0 Å². The predicted octanol–water partition coefficient (Wildman–Crippen LogP) is 3.90. The lowest BCUT2D eigenvalue weighted by Crippen LogP contribution is -2.31. The van der Waals surface area contributed by atoms with Crippen molar-refractivity contribution in [2.24, 2.45) is 0 Å². The molecule has 0 saturated carbocycles. The van der Waals surface area contributed by atoms with E-state index in [1.807, 2.05) is 6.07 Å². The minimum atomic E-state index is 0.797. The zero-order chi connectivity index (χ0) is 13.0. The molecule has 0 fully saturated rings. The van der Waals surface area contributed by atoms with Crippen LogP contribution in [0.2, 0.25) is 5.02 Å². The van der Waals surface area contributed by atoms with Crippen molar-refractivity contribution in [2.75, 3.05) is 20.2 Å². The lowest BCUT2D eigenvalue weighted by Gasteiger charge is -2.29. The van der Waals surface area contributed by atoms with Gasteiger partial charge < -0.3 is 4.74 Å². The average molecular weight is 268 g/mol. The van der Waals surface area contributed by atoms with Crippen LogP contribution in [-0.4, -0.2) is 25.1 Å². The molecule has 18 heavy (non-hydrogen) atoms. The minimum absolute atomic E-state index is 0.797. The van der Waals surface area contributed by atoms with Gasteiger partial charge in [-0.3, -0.25) is 4.90 Å². The Morgan fingerprint density at radius 3 is 2.89 bits per heavy atom. The van der Waals surface area contributed by atoms with Gasteiger partial charge in [0.15, 0.2) is 0 Å². The van der Waals surface area contributed by atoms with E-state index in [0.29, 0.717) is 0 Å². The standard InChI is InChI=1S/C15H22ClNO/c1-3-4-5-9-17-10-8-12-6-7-14(18-2)15(16)13(12)11-17/h6-7H,3-5,8-11H2,1-2H3. The molecular formula is C15H22ClNO. The van der Waals surface area contributed by atoms with Crippen molar-refractivity contribution in [2.45, 2.75) is 39.2 Å². The van der Waals surface area contributed by atoms with Crippen LogP contribution in [0.25, 0.3) is 0 Å². The molecule has 0 bridgehead atoms. The van der Waals surface area contributed by atoms with Crippen LogP contribution in [0.5, 0.6) is 5.75 Å². The highest BCUT2D eigenvalue weighted by Crippen LogP contribution is 2.33. The molecule has 0 amide bonds. The third kappa shape index (κ3) is 2.99. The summed E-state index contributed by atoms with van der Waals surface area (Å²) < 4.78 is 5.29.